The van der Waals surface area contributed by atoms with E-state index in [1.165, 1.54) is 19.3 Å². The van der Waals surface area contributed by atoms with Crippen LogP contribution in [0.25, 0.3) is 0 Å². The predicted molar refractivity (Wildman–Crippen MR) is 117 cm³/mol. The summed E-state index contributed by atoms with van der Waals surface area (Å²) in [4.78, 5) is 17.7. The van der Waals surface area contributed by atoms with Crippen molar-refractivity contribution in [2.45, 2.75) is 52.9 Å². The maximum atomic E-state index is 11.7. The Labute approximate surface area is 171 Å². The summed E-state index contributed by atoms with van der Waals surface area (Å²) in [6.45, 7) is 9.77. The highest BCUT2D eigenvalue weighted by molar-refractivity contribution is 14.0. The van der Waals surface area contributed by atoms with Gasteiger partial charge in [0.15, 0.2) is 5.96 Å². The van der Waals surface area contributed by atoms with Crippen molar-refractivity contribution in [3.63, 3.8) is 0 Å². The van der Waals surface area contributed by atoms with Gasteiger partial charge in [0.05, 0.1) is 0 Å². The lowest BCUT2D eigenvalue weighted by Crippen LogP contribution is -2.41. The molecule has 1 unspecified atom stereocenters. The Morgan fingerprint density at radius 3 is 2.44 bits per heavy atom. The van der Waals surface area contributed by atoms with Crippen LogP contribution < -0.4 is 10.6 Å². The number of ether oxygens (including phenoxy) is 1. The third-order valence-electron chi connectivity index (χ3n) is 3.93. The zero-order chi connectivity index (χ0) is 18.2. The van der Waals surface area contributed by atoms with Crippen LogP contribution in [-0.4, -0.2) is 63.7 Å². The van der Waals surface area contributed by atoms with E-state index in [1.807, 2.05) is 6.92 Å². The number of likely N-dealkylation sites (N-methyl/N-ethyl adjacent to an activating group) is 1. The van der Waals surface area contributed by atoms with Gasteiger partial charge in [0.2, 0.25) is 5.91 Å². The average Bonchev–Trinajstić information content (AvgIpc) is 2.58. The molecule has 0 fully saturated rings. The van der Waals surface area contributed by atoms with Gasteiger partial charge in [-0.1, -0.05) is 33.1 Å². The second-order valence-corrected chi connectivity index (χ2v) is 6.23. The van der Waals surface area contributed by atoms with Crippen LogP contribution >= 0.6 is 24.0 Å². The second-order valence-electron chi connectivity index (χ2n) is 6.23. The maximum absolute atomic E-state index is 11.7. The van der Waals surface area contributed by atoms with Crippen molar-refractivity contribution >= 4 is 35.8 Å². The molecular weight excluding hydrogens is 431 g/mol. The molecule has 7 heteroatoms. The van der Waals surface area contributed by atoms with Gasteiger partial charge < -0.3 is 20.3 Å². The highest BCUT2D eigenvalue weighted by Crippen LogP contribution is 2.11. The summed E-state index contributed by atoms with van der Waals surface area (Å²) in [5.74, 6) is 1.37. The van der Waals surface area contributed by atoms with E-state index in [0.717, 1.165) is 45.1 Å². The van der Waals surface area contributed by atoms with E-state index in [0.29, 0.717) is 5.92 Å². The summed E-state index contributed by atoms with van der Waals surface area (Å²) in [6, 6.07) is 0. The van der Waals surface area contributed by atoms with E-state index in [9.17, 15) is 4.79 Å². The maximum Gasteiger partial charge on any atom is 0.243 e. The minimum absolute atomic E-state index is 0. The Bertz CT molecular complexity index is 352. The number of hydrogen-bond acceptors (Lipinski definition) is 3. The monoisotopic (exact) mass is 470 g/mol. The highest BCUT2D eigenvalue weighted by atomic mass is 127. The molecule has 2 N–H and O–H groups in total. The Kier molecular flexibility index (Phi) is 19.4. The molecular formula is C18H39IN4O2. The molecule has 0 aromatic rings. The zero-order valence-corrected chi connectivity index (χ0v) is 19.1. The molecule has 0 spiro atoms. The number of aliphatic imine (C=N–C) groups is 1. The third-order valence-corrected chi connectivity index (χ3v) is 3.93. The normalized spacial score (nSPS) is 12.3. The number of carbonyl (C=O) groups is 1. The van der Waals surface area contributed by atoms with Crippen LogP contribution in [0.15, 0.2) is 4.99 Å². The summed E-state index contributed by atoms with van der Waals surface area (Å²) in [5.41, 5.74) is 0. The van der Waals surface area contributed by atoms with Crippen molar-refractivity contribution in [2.75, 3.05) is 46.9 Å². The number of carbonyl (C=O) groups excluding carboxylic acids is 1. The van der Waals surface area contributed by atoms with Crippen molar-refractivity contribution < 1.29 is 9.53 Å². The fraction of sp³-hybridized carbons (Fsp3) is 0.889. The molecule has 1 amide bonds. The Morgan fingerprint density at radius 2 is 1.88 bits per heavy atom. The van der Waals surface area contributed by atoms with E-state index in [4.69, 9.17) is 4.74 Å². The Morgan fingerprint density at radius 1 is 1.16 bits per heavy atom. The molecule has 150 valence electrons. The number of hydrogen-bond donors (Lipinski definition) is 2. The van der Waals surface area contributed by atoms with Crippen LogP contribution in [0.2, 0.25) is 0 Å². The fourth-order valence-corrected chi connectivity index (χ4v) is 2.17. The Balaban J connectivity index is 0. The molecule has 0 aliphatic rings. The summed E-state index contributed by atoms with van der Waals surface area (Å²) >= 11 is 0. The van der Waals surface area contributed by atoms with Crippen LogP contribution in [0.1, 0.15) is 52.9 Å². The smallest absolute Gasteiger partial charge is 0.243 e. The number of nitrogens with one attached hydrogen (secondary N) is 2. The predicted octanol–water partition coefficient (Wildman–Crippen LogP) is 2.87. The summed E-state index contributed by atoms with van der Waals surface area (Å²) in [5, 5.41) is 6.69. The van der Waals surface area contributed by atoms with Crippen molar-refractivity contribution in [3.05, 3.63) is 0 Å². The molecule has 0 radical (unpaired) electrons. The van der Waals surface area contributed by atoms with Crippen molar-refractivity contribution in [1.29, 1.82) is 0 Å². The van der Waals surface area contributed by atoms with Gasteiger partial charge in [-0.25, -0.2) is 4.99 Å². The first-order valence-electron chi connectivity index (χ1n) is 9.35. The molecule has 0 bridgehead atoms. The van der Waals surface area contributed by atoms with Gasteiger partial charge in [0, 0.05) is 40.4 Å². The van der Waals surface area contributed by atoms with Crippen LogP contribution in [0, 0.1) is 5.92 Å². The number of unbranched alkanes of at least 4 members (excludes halogenated alkanes) is 1. The SMILES string of the molecule is CCCCC(CC)CNC(=NCC(=O)N(C)C)NCCCOCC.I. The van der Waals surface area contributed by atoms with Crippen LogP contribution in [-0.2, 0) is 9.53 Å². The minimum atomic E-state index is 0. The van der Waals surface area contributed by atoms with Gasteiger partial charge in [-0.2, -0.15) is 0 Å². The van der Waals surface area contributed by atoms with Crippen LogP contribution in [0.3, 0.4) is 0 Å². The van der Waals surface area contributed by atoms with Gasteiger partial charge in [0.1, 0.15) is 6.54 Å². The van der Waals surface area contributed by atoms with Crippen LogP contribution in [0.4, 0.5) is 0 Å². The van der Waals surface area contributed by atoms with Crippen molar-refractivity contribution in [2.24, 2.45) is 10.9 Å². The standard InChI is InChI=1S/C18H38N4O2.HI/c1-6-9-11-16(7-2)14-20-18(19-12-10-13-24-8-3)21-15-17(23)22(4)5;/h16H,6-15H2,1-5H3,(H2,19,20,21);1H. The molecule has 0 saturated heterocycles. The van der Waals surface area contributed by atoms with E-state index in [-0.39, 0.29) is 36.4 Å². The fourth-order valence-electron chi connectivity index (χ4n) is 2.17. The molecule has 0 aromatic heterocycles. The Hall–Kier alpha value is -0.570. The van der Waals surface area contributed by atoms with Gasteiger partial charge in [-0.3, -0.25) is 4.79 Å². The molecule has 0 heterocycles. The third kappa shape index (κ3) is 15.4. The lowest BCUT2D eigenvalue weighted by atomic mass is 9.99. The summed E-state index contributed by atoms with van der Waals surface area (Å²) in [7, 11) is 3.50. The second kappa shape index (κ2) is 18.2. The average molecular weight is 470 g/mol. The first-order chi connectivity index (χ1) is 11.5. The van der Waals surface area contributed by atoms with Gasteiger partial charge in [0.25, 0.3) is 0 Å². The van der Waals surface area contributed by atoms with Gasteiger partial charge in [-0.15, -0.1) is 24.0 Å². The van der Waals surface area contributed by atoms with E-state index in [1.54, 1.807) is 19.0 Å². The lowest BCUT2D eigenvalue weighted by molar-refractivity contribution is -0.127. The quantitative estimate of drug-likeness (QED) is 0.188. The molecule has 6 nitrogen and oxygen atoms in total. The number of guanidine groups is 1. The molecule has 0 aliphatic carbocycles. The van der Waals surface area contributed by atoms with E-state index >= 15 is 0 Å². The molecule has 25 heavy (non-hydrogen) atoms. The minimum Gasteiger partial charge on any atom is -0.382 e. The topological polar surface area (TPSA) is 66.0 Å². The summed E-state index contributed by atoms with van der Waals surface area (Å²) in [6.07, 6.45) is 5.79. The lowest BCUT2D eigenvalue weighted by Gasteiger charge is -2.18. The number of nitrogens with zero attached hydrogens (tertiary/aromatic N) is 2. The number of halogens is 1. The first-order valence-corrected chi connectivity index (χ1v) is 9.35. The van der Waals surface area contributed by atoms with Crippen LogP contribution in [0.5, 0.6) is 0 Å². The van der Waals surface area contributed by atoms with Gasteiger partial charge in [-0.05, 0) is 25.7 Å². The first kappa shape index (κ1) is 26.7. The van der Waals surface area contributed by atoms with E-state index < -0.39 is 0 Å². The molecule has 0 saturated carbocycles. The molecule has 0 aliphatic heterocycles. The number of rotatable bonds is 13. The largest absolute Gasteiger partial charge is 0.382 e. The van der Waals surface area contributed by atoms with Gasteiger partial charge >= 0.3 is 0 Å². The molecule has 0 aromatic carbocycles. The zero-order valence-electron chi connectivity index (χ0n) is 16.8. The highest BCUT2D eigenvalue weighted by Gasteiger charge is 2.08. The van der Waals surface area contributed by atoms with Crippen molar-refractivity contribution in [3.8, 4) is 0 Å². The molecule has 1 atom stereocenters. The summed E-state index contributed by atoms with van der Waals surface area (Å²) < 4.78 is 5.34. The number of amides is 1. The van der Waals surface area contributed by atoms with Crippen molar-refractivity contribution in [1.82, 2.24) is 15.5 Å². The molecule has 0 rings (SSSR count). The van der Waals surface area contributed by atoms with E-state index in [2.05, 4.69) is 29.5 Å².